The van der Waals surface area contributed by atoms with E-state index >= 15 is 0 Å². The first-order valence-corrected chi connectivity index (χ1v) is 4.52. The van der Waals surface area contributed by atoms with Crippen LogP contribution < -0.4 is 5.73 Å². The Morgan fingerprint density at radius 3 is 2.58 bits per heavy atom. The normalized spacial score (nSPS) is 15.2. The van der Waals surface area contributed by atoms with E-state index in [-0.39, 0.29) is 6.61 Å². The van der Waals surface area contributed by atoms with Crippen LogP contribution >= 0.6 is 7.82 Å². The summed E-state index contributed by atoms with van der Waals surface area (Å²) in [7, 11) is -4.37. The molecule has 4 N–H and O–H groups in total. The molecule has 0 rings (SSSR count). The van der Waals surface area contributed by atoms with Gasteiger partial charge in [0.05, 0.1) is 19.8 Å². The third-order valence-electron chi connectivity index (χ3n) is 0.730. The Balaban J connectivity index is 3.87. The topological polar surface area (TPSA) is 119 Å². The smallest absolute Gasteiger partial charge is 0.394 e. The second kappa shape index (κ2) is 5.23. The van der Waals surface area contributed by atoms with Crippen molar-refractivity contribution in [3.63, 3.8) is 0 Å². The van der Waals surface area contributed by atoms with Crippen LogP contribution in [0.1, 0.15) is 0 Å². The Kier molecular flexibility index (Phi) is 5.03. The van der Waals surface area contributed by atoms with Gasteiger partial charge >= 0.3 is 13.8 Å². The second-order valence-electron chi connectivity index (χ2n) is 1.69. The van der Waals surface area contributed by atoms with Gasteiger partial charge in [-0.05, 0) is 0 Å². The summed E-state index contributed by atoms with van der Waals surface area (Å²) in [6.07, 6.45) is 0. The highest BCUT2D eigenvalue weighted by atomic mass is 31.2. The number of hydrogen-bond acceptors (Lipinski definition) is 6. The van der Waals surface area contributed by atoms with Gasteiger partial charge in [0, 0.05) is 0 Å². The Bertz CT molecular complexity index is 194. The molecule has 0 aromatic carbocycles. The predicted octanol–water partition coefficient (Wildman–Crippen LogP) is -1.40. The molecule has 72 valence electrons. The van der Waals surface area contributed by atoms with E-state index < -0.39 is 26.9 Å². The van der Waals surface area contributed by atoms with Crippen molar-refractivity contribution in [2.45, 2.75) is 0 Å². The Labute approximate surface area is 68.7 Å². The molecule has 0 aromatic rings. The minimum Gasteiger partial charge on any atom is -0.394 e. The molecule has 1 unspecified atom stereocenters. The van der Waals surface area contributed by atoms with Crippen molar-refractivity contribution < 1.29 is 28.4 Å². The van der Waals surface area contributed by atoms with Gasteiger partial charge < -0.3 is 15.4 Å². The molecule has 0 amide bonds. The fourth-order valence-corrected chi connectivity index (χ4v) is 1.05. The van der Waals surface area contributed by atoms with Crippen LogP contribution in [0, 0.1) is 0 Å². The van der Waals surface area contributed by atoms with Gasteiger partial charge in [-0.1, -0.05) is 0 Å². The molecule has 0 spiro atoms. The Morgan fingerprint density at radius 2 is 2.17 bits per heavy atom. The molecular formula is C4H10NO6P. The van der Waals surface area contributed by atoms with Crippen LogP contribution in [0.25, 0.3) is 0 Å². The van der Waals surface area contributed by atoms with Crippen LogP contribution in [0.5, 0.6) is 0 Å². The first-order chi connectivity index (χ1) is 5.52. The highest BCUT2D eigenvalue weighted by Crippen LogP contribution is 2.42. The highest BCUT2D eigenvalue weighted by Gasteiger charge is 2.24. The zero-order valence-electron chi connectivity index (χ0n) is 6.17. The molecular weight excluding hydrogens is 189 g/mol. The second-order valence-corrected chi connectivity index (χ2v) is 3.07. The molecule has 0 aliphatic rings. The average Bonchev–Trinajstić information content (AvgIpc) is 2.00. The zero-order valence-corrected chi connectivity index (χ0v) is 7.07. The highest BCUT2D eigenvalue weighted by molar-refractivity contribution is 7.48. The van der Waals surface area contributed by atoms with E-state index in [1.54, 1.807) is 0 Å². The molecule has 0 heterocycles. The first kappa shape index (κ1) is 11.5. The van der Waals surface area contributed by atoms with Gasteiger partial charge in [0.15, 0.2) is 0 Å². The van der Waals surface area contributed by atoms with Gasteiger partial charge in [0.25, 0.3) is 0 Å². The van der Waals surface area contributed by atoms with Crippen molar-refractivity contribution in [1.29, 1.82) is 0 Å². The quantitative estimate of drug-likeness (QED) is 0.465. The third-order valence-corrected chi connectivity index (χ3v) is 1.67. The van der Waals surface area contributed by atoms with E-state index in [0.717, 1.165) is 0 Å². The lowest BCUT2D eigenvalue weighted by Gasteiger charge is -2.09. The SMILES string of the molecule is NCC(=O)OP(=O)(O)OCCO. The summed E-state index contributed by atoms with van der Waals surface area (Å²) in [4.78, 5) is 19.0. The predicted molar refractivity (Wildman–Crippen MR) is 38.0 cm³/mol. The first-order valence-electron chi connectivity index (χ1n) is 3.02. The number of carbonyl (C=O) groups is 1. The fraction of sp³-hybridized carbons (Fsp3) is 0.750. The van der Waals surface area contributed by atoms with Gasteiger partial charge in [0.2, 0.25) is 0 Å². The maximum Gasteiger partial charge on any atom is 0.529 e. The third kappa shape index (κ3) is 5.22. The van der Waals surface area contributed by atoms with Crippen LogP contribution in [0.15, 0.2) is 0 Å². The van der Waals surface area contributed by atoms with Crippen LogP contribution in [0.2, 0.25) is 0 Å². The molecule has 7 nitrogen and oxygen atoms in total. The van der Waals surface area contributed by atoms with Gasteiger partial charge in [-0.2, -0.15) is 0 Å². The monoisotopic (exact) mass is 199 g/mol. The van der Waals surface area contributed by atoms with Crippen molar-refractivity contribution in [3.05, 3.63) is 0 Å². The van der Waals surface area contributed by atoms with Crippen molar-refractivity contribution in [1.82, 2.24) is 0 Å². The van der Waals surface area contributed by atoms with E-state index in [1.165, 1.54) is 0 Å². The lowest BCUT2D eigenvalue weighted by molar-refractivity contribution is -0.134. The van der Waals surface area contributed by atoms with Gasteiger partial charge in [-0.25, -0.2) is 4.57 Å². The minimum atomic E-state index is -4.37. The van der Waals surface area contributed by atoms with Crippen molar-refractivity contribution >= 4 is 13.8 Å². The van der Waals surface area contributed by atoms with Crippen LogP contribution in [0.4, 0.5) is 0 Å². The van der Waals surface area contributed by atoms with Crippen molar-refractivity contribution in [3.8, 4) is 0 Å². The number of phosphoric ester groups is 1. The Hall–Kier alpha value is -0.460. The van der Waals surface area contributed by atoms with E-state index in [1.807, 2.05) is 0 Å². The number of hydrogen-bond donors (Lipinski definition) is 3. The molecule has 0 aliphatic heterocycles. The number of rotatable bonds is 5. The van der Waals surface area contributed by atoms with E-state index in [4.69, 9.17) is 15.7 Å². The van der Waals surface area contributed by atoms with Crippen molar-refractivity contribution in [2.24, 2.45) is 5.73 Å². The minimum absolute atomic E-state index is 0.383. The number of aliphatic hydroxyl groups is 1. The zero-order chi connectivity index (χ0) is 9.61. The van der Waals surface area contributed by atoms with Gasteiger partial charge in [-0.3, -0.25) is 14.2 Å². The molecule has 0 aromatic heterocycles. The van der Waals surface area contributed by atoms with E-state index in [2.05, 4.69) is 9.05 Å². The molecule has 0 bridgehead atoms. The summed E-state index contributed by atoms with van der Waals surface area (Å²) in [5.74, 6) is -1.04. The van der Waals surface area contributed by atoms with Crippen LogP contribution in [-0.4, -0.2) is 35.7 Å². The number of nitrogens with two attached hydrogens (primary N) is 1. The molecule has 0 fully saturated rings. The molecule has 0 saturated heterocycles. The lowest BCUT2D eigenvalue weighted by atomic mass is 10.7. The van der Waals surface area contributed by atoms with E-state index in [9.17, 15) is 9.36 Å². The molecule has 8 heteroatoms. The van der Waals surface area contributed by atoms with Gasteiger partial charge in [-0.15, -0.1) is 0 Å². The van der Waals surface area contributed by atoms with Crippen LogP contribution in [0.3, 0.4) is 0 Å². The molecule has 0 saturated carbocycles. The summed E-state index contributed by atoms with van der Waals surface area (Å²) in [6, 6.07) is 0. The summed E-state index contributed by atoms with van der Waals surface area (Å²) < 4.78 is 18.7. The molecule has 12 heavy (non-hydrogen) atoms. The molecule has 0 radical (unpaired) electrons. The largest absolute Gasteiger partial charge is 0.529 e. The molecule has 0 aliphatic carbocycles. The standard InChI is InChI=1S/C4H10NO6P/c5-3-4(7)11-12(8,9)10-2-1-6/h6H,1-3,5H2,(H,8,9). The number of aliphatic hydroxyl groups excluding tert-OH is 1. The summed E-state index contributed by atoms with van der Waals surface area (Å²) in [5.41, 5.74) is 4.80. The van der Waals surface area contributed by atoms with Crippen molar-refractivity contribution in [2.75, 3.05) is 19.8 Å². The maximum atomic E-state index is 10.7. The number of phosphoric acid groups is 1. The van der Waals surface area contributed by atoms with Gasteiger partial charge in [0.1, 0.15) is 0 Å². The fourth-order valence-electron chi connectivity index (χ4n) is 0.348. The van der Waals surface area contributed by atoms with E-state index in [0.29, 0.717) is 0 Å². The number of carbonyl (C=O) groups excluding carboxylic acids is 1. The average molecular weight is 199 g/mol. The summed E-state index contributed by atoms with van der Waals surface area (Å²) >= 11 is 0. The summed E-state index contributed by atoms with van der Waals surface area (Å²) in [5, 5.41) is 8.20. The Morgan fingerprint density at radius 1 is 1.58 bits per heavy atom. The maximum absolute atomic E-state index is 10.7. The summed E-state index contributed by atoms with van der Waals surface area (Å²) in [6.45, 7) is -1.33. The van der Waals surface area contributed by atoms with Crippen LogP contribution in [-0.2, 0) is 18.4 Å². The lowest BCUT2D eigenvalue weighted by Crippen LogP contribution is -2.16. The molecule has 1 atom stereocenters.